The molecule has 0 radical (unpaired) electrons. The highest BCUT2D eigenvalue weighted by Crippen LogP contribution is 2.22. The third-order valence-corrected chi connectivity index (χ3v) is 2.71. The lowest BCUT2D eigenvalue weighted by Crippen LogP contribution is -1.90. The van der Waals surface area contributed by atoms with Gasteiger partial charge in [-0.05, 0) is 28.1 Å². The first-order valence-electron chi connectivity index (χ1n) is 3.05. The van der Waals surface area contributed by atoms with Crippen molar-refractivity contribution in [3.63, 3.8) is 0 Å². The summed E-state index contributed by atoms with van der Waals surface area (Å²) in [6, 6.07) is 3.89. The Kier molecular flexibility index (Phi) is 2.98. The molecule has 0 saturated heterocycles. The van der Waals surface area contributed by atoms with Gasteiger partial charge in [0.05, 0.1) is 0 Å². The molecule has 0 fully saturated rings. The summed E-state index contributed by atoms with van der Waals surface area (Å²) in [7, 11) is 0. The van der Waals surface area contributed by atoms with Crippen LogP contribution in [0.2, 0.25) is 0 Å². The van der Waals surface area contributed by atoms with Gasteiger partial charge in [0.25, 0.3) is 0 Å². The van der Waals surface area contributed by atoms with Crippen LogP contribution in [0.3, 0.4) is 0 Å². The summed E-state index contributed by atoms with van der Waals surface area (Å²) in [4.78, 5) is 0. The first-order valence-corrected chi connectivity index (χ1v) is 4.96. The fraction of sp³-hybridized carbons (Fsp3) is 0.429. The van der Waals surface area contributed by atoms with Crippen molar-refractivity contribution in [2.75, 3.05) is 5.33 Å². The Bertz CT molecular complexity index is 207. The predicted octanol–water partition coefficient (Wildman–Crippen LogP) is 3.54. The van der Waals surface area contributed by atoms with E-state index in [4.69, 9.17) is 4.42 Å². The van der Waals surface area contributed by atoms with Crippen molar-refractivity contribution in [2.24, 2.45) is 0 Å². The highest BCUT2D eigenvalue weighted by molar-refractivity contribution is 9.10. The van der Waals surface area contributed by atoms with Gasteiger partial charge in [0.2, 0.25) is 0 Å². The molecule has 1 heterocycles. The van der Waals surface area contributed by atoms with Gasteiger partial charge in [0.1, 0.15) is 5.76 Å². The van der Waals surface area contributed by atoms with Crippen LogP contribution in [0.4, 0.5) is 0 Å². The van der Waals surface area contributed by atoms with Crippen LogP contribution < -0.4 is 0 Å². The Hall–Kier alpha value is 0.240. The molecule has 1 nitrogen and oxygen atoms in total. The van der Waals surface area contributed by atoms with E-state index in [0.717, 1.165) is 15.8 Å². The van der Waals surface area contributed by atoms with Crippen molar-refractivity contribution in [3.05, 3.63) is 22.6 Å². The van der Waals surface area contributed by atoms with Crippen molar-refractivity contribution < 1.29 is 4.42 Å². The highest BCUT2D eigenvalue weighted by atomic mass is 79.9. The molecule has 1 aromatic heterocycles. The highest BCUT2D eigenvalue weighted by Gasteiger charge is 2.06. The van der Waals surface area contributed by atoms with Crippen molar-refractivity contribution in [1.82, 2.24) is 0 Å². The number of rotatable bonds is 2. The maximum Gasteiger partial charge on any atom is 0.169 e. The molecule has 0 bridgehead atoms. The quantitative estimate of drug-likeness (QED) is 0.747. The minimum atomic E-state index is 0.450. The number of hydrogen-bond donors (Lipinski definition) is 0. The van der Waals surface area contributed by atoms with Gasteiger partial charge in [-0.15, -0.1) is 0 Å². The molecular weight excluding hydrogens is 260 g/mol. The molecule has 0 spiro atoms. The Morgan fingerprint density at radius 3 is 2.70 bits per heavy atom. The van der Waals surface area contributed by atoms with Crippen LogP contribution in [0, 0.1) is 0 Å². The molecule has 10 heavy (non-hydrogen) atoms. The summed E-state index contributed by atoms with van der Waals surface area (Å²) >= 11 is 6.63. The molecule has 0 aliphatic rings. The fourth-order valence-corrected chi connectivity index (χ4v) is 1.31. The van der Waals surface area contributed by atoms with Gasteiger partial charge in [0, 0.05) is 11.2 Å². The maximum absolute atomic E-state index is 5.32. The topological polar surface area (TPSA) is 13.1 Å². The van der Waals surface area contributed by atoms with Crippen LogP contribution in [-0.4, -0.2) is 5.33 Å². The second-order valence-corrected chi connectivity index (χ2v) is 3.63. The molecule has 1 rings (SSSR count). The monoisotopic (exact) mass is 266 g/mol. The predicted molar refractivity (Wildman–Crippen MR) is 48.6 cm³/mol. The molecule has 1 aromatic rings. The second-order valence-electron chi connectivity index (χ2n) is 2.20. The van der Waals surface area contributed by atoms with Crippen LogP contribution in [0.1, 0.15) is 18.6 Å². The van der Waals surface area contributed by atoms with E-state index < -0.39 is 0 Å². The van der Waals surface area contributed by atoms with E-state index in [2.05, 4.69) is 38.8 Å². The zero-order valence-electron chi connectivity index (χ0n) is 5.60. The maximum atomic E-state index is 5.32. The summed E-state index contributed by atoms with van der Waals surface area (Å²) in [5.74, 6) is 1.47. The van der Waals surface area contributed by atoms with Crippen LogP contribution in [0.5, 0.6) is 0 Å². The Morgan fingerprint density at radius 1 is 1.60 bits per heavy atom. The van der Waals surface area contributed by atoms with E-state index >= 15 is 0 Å². The van der Waals surface area contributed by atoms with E-state index in [1.165, 1.54) is 0 Å². The lowest BCUT2D eigenvalue weighted by atomic mass is 10.2. The minimum Gasteiger partial charge on any atom is -0.454 e. The third kappa shape index (κ3) is 1.86. The second kappa shape index (κ2) is 3.58. The molecule has 3 heteroatoms. The van der Waals surface area contributed by atoms with Crippen LogP contribution in [-0.2, 0) is 0 Å². The fourth-order valence-electron chi connectivity index (χ4n) is 0.669. The van der Waals surface area contributed by atoms with Gasteiger partial charge in [0.15, 0.2) is 4.67 Å². The molecule has 1 unspecified atom stereocenters. The average Bonchev–Trinajstić information content (AvgIpc) is 2.34. The number of halogens is 2. The lowest BCUT2D eigenvalue weighted by molar-refractivity contribution is 0.470. The lowest BCUT2D eigenvalue weighted by Gasteiger charge is -2.00. The summed E-state index contributed by atoms with van der Waals surface area (Å²) < 4.78 is 6.12. The van der Waals surface area contributed by atoms with Gasteiger partial charge >= 0.3 is 0 Å². The van der Waals surface area contributed by atoms with Gasteiger partial charge in [-0.3, -0.25) is 0 Å². The third-order valence-electron chi connectivity index (χ3n) is 1.31. The molecule has 0 saturated carbocycles. The first kappa shape index (κ1) is 8.34. The van der Waals surface area contributed by atoms with E-state index in [-0.39, 0.29) is 0 Å². The molecule has 0 aliphatic carbocycles. The van der Waals surface area contributed by atoms with E-state index in [0.29, 0.717) is 5.92 Å². The summed E-state index contributed by atoms with van der Waals surface area (Å²) in [6.07, 6.45) is 0. The summed E-state index contributed by atoms with van der Waals surface area (Å²) in [5.41, 5.74) is 0. The smallest absolute Gasteiger partial charge is 0.169 e. The summed E-state index contributed by atoms with van der Waals surface area (Å²) in [5, 5.41) is 0.937. The van der Waals surface area contributed by atoms with Gasteiger partial charge in [-0.25, -0.2) is 0 Å². The van der Waals surface area contributed by atoms with Crippen LogP contribution in [0.25, 0.3) is 0 Å². The molecule has 0 N–H and O–H groups in total. The van der Waals surface area contributed by atoms with E-state index in [1.54, 1.807) is 0 Å². The normalized spacial score (nSPS) is 13.5. The minimum absolute atomic E-state index is 0.450. The Morgan fingerprint density at radius 2 is 2.30 bits per heavy atom. The van der Waals surface area contributed by atoms with E-state index in [1.807, 2.05) is 12.1 Å². The zero-order valence-corrected chi connectivity index (χ0v) is 8.78. The number of hydrogen-bond acceptors (Lipinski definition) is 1. The largest absolute Gasteiger partial charge is 0.454 e. The Balaban J connectivity index is 2.74. The van der Waals surface area contributed by atoms with Crippen molar-refractivity contribution >= 4 is 31.9 Å². The zero-order chi connectivity index (χ0) is 7.56. The molecule has 0 aliphatic heterocycles. The Labute approximate surface area is 77.1 Å². The molecule has 0 aromatic carbocycles. The van der Waals surface area contributed by atoms with Crippen LogP contribution >= 0.6 is 31.9 Å². The van der Waals surface area contributed by atoms with Crippen molar-refractivity contribution in [1.29, 1.82) is 0 Å². The number of alkyl halides is 1. The van der Waals surface area contributed by atoms with E-state index in [9.17, 15) is 0 Å². The molecule has 56 valence electrons. The van der Waals surface area contributed by atoms with Crippen molar-refractivity contribution in [3.8, 4) is 0 Å². The number of furan rings is 1. The molecular formula is C7H8Br2O. The molecule has 0 amide bonds. The SMILES string of the molecule is CC(CBr)c1ccc(Br)o1. The summed E-state index contributed by atoms with van der Waals surface area (Å²) in [6.45, 7) is 2.11. The molecule has 1 atom stereocenters. The first-order chi connectivity index (χ1) is 4.74. The van der Waals surface area contributed by atoms with Crippen molar-refractivity contribution in [2.45, 2.75) is 12.8 Å². The van der Waals surface area contributed by atoms with Crippen LogP contribution in [0.15, 0.2) is 21.2 Å². The van der Waals surface area contributed by atoms with Gasteiger partial charge < -0.3 is 4.42 Å². The van der Waals surface area contributed by atoms with Gasteiger partial charge in [-0.2, -0.15) is 0 Å². The standard InChI is InChI=1S/C7H8Br2O/c1-5(4-8)6-2-3-7(9)10-6/h2-3,5H,4H2,1H3. The average molecular weight is 268 g/mol. The van der Waals surface area contributed by atoms with Gasteiger partial charge in [-0.1, -0.05) is 22.9 Å².